The number of nitrogens with zero attached hydrogens (tertiary/aromatic N) is 5. The zero-order valence-electron chi connectivity index (χ0n) is 32.3. The third kappa shape index (κ3) is 11.5. The summed E-state index contributed by atoms with van der Waals surface area (Å²) in [5, 5.41) is 7.22. The minimum absolute atomic E-state index is 0.0501. The van der Waals surface area contributed by atoms with Crippen LogP contribution in [0.25, 0.3) is 5.69 Å². The number of rotatable bonds is 14. The molecular formula is C40H50N6O10. The number of para-hydroxylation sites is 1. The second-order valence-electron chi connectivity index (χ2n) is 14.5. The Balaban J connectivity index is 1.25. The second kappa shape index (κ2) is 19.1. The summed E-state index contributed by atoms with van der Waals surface area (Å²) in [5.41, 5.74) is 0.585. The maximum atomic E-state index is 13.8. The van der Waals surface area contributed by atoms with Crippen LogP contribution in [0, 0.1) is 5.92 Å². The van der Waals surface area contributed by atoms with Gasteiger partial charge in [-0.1, -0.05) is 48.5 Å². The van der Waals surface area contributed by atoms with Gasteiger partial charge in [-0.3, -0.25) is 24.0 Å². The molecule has 0 saturated carbocycles. The van der Waals surface area contributed by atoms with Crippen molar-refractivity contribution in [1.82, 2.24) is 29.8 Å². The maximum Gasteiger partial charge on any atom is 0.409 e. The first-order valence-electron chi connectivity index (χ1n) is 18.8. The standard InChI is InChI=1S/C40H50N6O10/c1-5-53-39(52)44-22-20-43(21-23-44)37(50)31(16-17-35(48)56-40(2,3)4)41-36(49)32-24-34(46(42-32)30-14-10-7-11-15-30)54-27-33(47)45-19-18-29(25-45)38(51)55-26-28-12-8-6-9-13-28/h6-15,24,29,31H,5,16-23,25-27H2,1-4H3,(H,41,49). The molecule has 0 bridgehead atoms. The number of ether oxygens (including phenoxy) is 4. The van der Waals surface area contributed by atoms with E-state index >= 15 is 0 Å². The lowest BCUT2D eigenvalue weighted by molar-refractivity contribution is -0.155. The highest BCUT2D eigenvalue weighted by Crippen LogP contribution is 2.23. The third-order valence-corrected chi connectivity index (χ3v) is 9.13. The van der Waals surface area contributed by atoms with Crippen LogP contribution in [0.1, 0.15) is 63.0 Å². The fourth-order valence-corrected chi connectivity index (χ4v) is 6.27. The molecule has 5 rings (SSSR count). The summed E-state index contributed by atoms with van der Waals surface area (Å²) >= 11 is 0. The third-order valence-electron chi connectivity index (χ3n) is 9.13. The van der Waals surface area contributed by atoms with Crippen LogP contribution in [0.2, 0.25) is 0 Å². The van der Waals surface area contributed by atoms with Gasteiger partial charge in [-0.15, -0.1) is 0 Å². The minimum Gasteiger partial charge on any atom is -0.467 e. The van der Waals surface area contributed by atoms with Crippen LogP contribution >= 0.6 is 0 Å². The topological polar surface area (TPSA) is 179 Å². The molecule has 2 unspecified atom stereocenters. The van der Waals surface area contributed by atoms with E-state index in [0.717, 1.165) is 5.56 Å². The molecule has 2 aromatic carbocycles. The molecule has 2 fully saturated rings. The number of hydrogen-bond acceptors (Lipinski definition) is 11. The van der Waals surface area contributed by atoms with Crippen LogP contribution in [0.15, 0.2) is 66.7 Å². The summed E-state index contributed by atoms with van der Waals surface area (Å²) in [5.74, 6) is -2.75. The first-order chi connectivity index (χ1) is 26.8. The minimum atomic E-state index is -1.13. The van der Waals surface area contributed by atoms with Crippen molar-refractivity contribution in [3.8, 4) is 11.6 Å². The van der Waals surface area contributed by atoms with Gasteiger partial charge in [0.05, 0.1) is 18.2 Å². The van der Waals surface area contributed by atoms with Gasteiger partial charge < -0.3 is 39.0 Å². The van der Waals surface area contributed by atoms with E-state index in [1.807, 2.05) is 36.4 Å². The number of amides is 4. The molecule has 300 valence electrons. The van der Waals surface area contributed by atoms with Gasteiger partial charge in [-0.2, -0.15) is 5.10 Å². The number of hydrogen-bond donors (Lipinski definition) is 1. The average Bonchev–Trinajstić information content (AvgIpc) is 3.86. The number of likely N-dealkylation sites (tertiary alicyclic amines) is 1. The van der Waals surface area contributed by atoms with Gasteiger partial charge >= 0.3 is 18.0 Å². The highest BCUT2D eigenvalue weighted by molar-refractivity contribution is 5.96. The van der Waals surface area contributed by atoms with Crippen molar-refractivity contribution < 1.29 is 47.7 Å². The zero-order valence-corrected chi connectivity index (χ0v) is 32.3. The number of carbonyl (C=O) groups excluding carboxylic acids is 6. The SMILES string of the molecule is CCOC(=O)N1CCN(C(=O)C(CCC(=O)OC(C)(C)C)NC(=O)c2cc(OCC(=O)N3CCC(C(=O)OCc4ccccc4)C3)n(-c3ccccc3)n2)CC1. The molecule has 16 heteroatoms. The van der Waals surface area contributed by atoms with Crippen molar-refractivity contribution in [2.45, 2.75) is 65.2 Å². The second-order valence-corrected chi connectivity index (χ2v) is 14.5. The Morgan fingerprint density at radius 3 is 2.18 bits per heavy atom. The molecule has 2 aliphatic heterocycles. The van der Waals surface area contributed by atoms with E-state index in [1.54, 1.807) is 56.9 Å². The highest BCUT2D eigenvalue weighted by Gasteiger charge is 2.34. The summed E-state index contributed by atoms with van der Waals surface area (Å²) in [6.45, 7) is 8.37. The molecule has 2 saturated heterocycles. The Bertz CT molecular complexity index is 1840. The molecule has 2 aliphatic rings. The fraction of sp³-hybridized carbons (Fsp3) is 0.475. The molecule has 56 heavy (non-hydrogen) atoms. The number of carbonyl (C=O) groups is 6. The molecule has 2 atom stereocenters. The summed E-state index contributed by atoms with van der Waals surface area (Å²) < 4.78 is 23.3. The van der Waals surface area contributed by atoms with E-state index in [9.17, 15) is 28.8 Å². The van der Waals surface area contributed by atoms with Gasteiger partial charge in [-0.25, -0.2) is 9.48 Å². The van der Waals surface area contributed by atoms with Gasteiger partial charge in [0.2, 0.25) is 11.8 Å². The average molecular weight is 775 g/mol. The smallest absolute Gasteiger partial charge is 0.409 e. The van der Waals surface area contributed by atoms with Crippen molar-refractivity contribution in [1.29, 1.82) is 0 Å². The number of nitrogens with one attached hydrogen (secondary N) is 1. The summed E-state index contributed by atoms with van der Waals surface area (Å²) in [4.78, 5) is 83.1. The van der Waals surface area contributed by atoms with Crippen LogP contribution < -0.4 is 10.1 Å². The molecule has 3 heterocycles. The molecular weight excluding hydrogens is 724 g/mol. The Hall–Kier alpha value is -5.93. The van der Waals surface area contributed by atoms with E-state index < -0.39 is 41.4 Å². The van der Waals surface area contributed by atoms with Gasteiger partial charge in [0.25, 0.3) is 11.8 Å². The lowest BCUT2D eigenvalue weighted by atomic mass is 10.1. The summed E-state index contributed by atoms with van der Waals surface area (Å²) in [6, 6.07) is 18.5. The van der Waals surface area contributed by atoms with Crippen molar-refractivity contribution in [3.63, 3.8) is 0 Å². The molecule has 1 aromatic heterocycles. The molecule has 0 spiro atoms. The van der Waals surface area contributed by atoms with E-state index in [1.165, 1.54) is 20.5 Å². The highest BCUT2D eigenvalue weighted by atomic mass is 16.6. The number of esters is 2. The van der Waals surface area contributed by atoms with Gasteiger partial charge in [0, 0.05) is 51.8 Å². The first kappa shape index (κ1) is 41.2. The van der Waals surface area contributed by atoms with Crippen LogP contribution in [0.3, 0.4) is 0 Å². The quantitative estimate of drug-likeness (QED) is 0.188. The van der Waals surface area contributed by atoms with Crippen LogP contribution in [-0.2, 0) is 40.0 Å². The van der Waals surface area contributed by atoms with Crippen molar-refractivity contribution in [2.75, 3.05) is 52.5 Å². The number of benzene rings is 2. The van der Waals surface area contributed by atoms with Crippen molar-refractivity contribution >= 4 is 35.8 Å². The van der Waals surface area contributed by atoms with E-state index in [0.29, 0.717) is 18.7 Å². The number of aromatic nitrogens is 2. The Kier molecular flexibility index (Phi) is 14.1. The van der Waals surface area contributed by atoms with Gasteiger partial charge in [0.1, 0.15) is 18.2 Å². The molecule has 16 nitrogen and oxygen atoms in total. The Morgan fingerprint density at radius 1 is 0.857 bits per heavy atom. The Labute approximate surface area is 326 Å². The lowest BCUT2D eigenvalue weighted by Gasteiger charge is -2.36. The predicted molar refractivity (Wildman–Crippen MR) is 201 cm³/mol. The van der Waals surface area contributed by atoms with Crippen LogP contribution in [-0.4, -0.2) is 124 Å². The van der Waals surface area contributed by atoms with Crippen LogP contribution in [0.4, 0.5) is 4.79 Å². The van der Waals surface area contributed by atoms with Crippen LogP contribution in [0.5, 0.6) is 5.88 Å². The molecule has 0 aliphatic carbocycles. The monoisotopic (exact) mass is 774 g/mol. The predicted octanol–water partition coefficient (Wildman–Crippen LogP) is 3.36. The van der Waals surface area contributed by atoms with Gasteiger partial charge in [-0.05, 0) is 58.2 Å². The van der Waals surface area contributed by atoms with Crippen molar-refractivity contribution in [2.24, 2.45) is 5.92 Å². The Morgan fingerprint density at radius 2 is 1.52 bits per heavy atom. The molecule has 4 amide bonds. The maximum absolute atomic E-state index is 13.8. The first-order valence-corrected chi connectivity index (χ1v) is 18.8. The zero-order chi connectivity index (χ0) is 40.2. The van der Waals surface area contributed by atoms with E-state index in [2.05, 4.69) is 10.4 Å². The van der Waals surface area contributed by atoms with E-state index in [4.69, 9.17) is 18.9 Å². The molecule has 1 N–H and O–H groups in total. The molecule has 0 radical (unpaired) electrons. The normalized spacial score (nSPS) is 16.1. The number of piperazine rings is 1. The summed E-state index contributed by atoms with van der Waals surface area (Å²) in [6.07, 6.45) is -0.202. The summed E-state index contributed by atoms with van der Waals surface area (Å²) in [7, 11) is 0. The lowest BCUT2D eigenvalue weighted by Crippen LogP contribution is -2.56. The van der Waals surface area contributed by atoms with E-state index in [-0.39, 0.29) is 88.8 Å². The molecule has 3 aromatic rings. The van der Waals surface area contributed by atoms with Gasteiger partial charge in [0.15, 0.2) is 12.3 Å². The largest absolute Gasteiger partial charge is 0.467 e. The van der Waals surface area contributed by atoms with Crippen molar-refractivity contribution in [3.05, 3.63) is 78.0 Å². The fourth-order valence-electron chi connectivity index (χ4n) is 6.27.